The number of hydrogen-bond acceptors (Lipinski definition) is 1. The van der Waals surface area contributed by atoms with Crippen molar-refractivity contribution in [1.29, 1.82) is 0 Å². The molecule has 0 heterocycles. The Morgan fingerprint density at radius 2 is 2.05 bits per heavy atom. The molecule has 0 bridgehead atoms. The number of nitrogen functional groups attached to an aromatic ring is 1. The molecule has 1 atom stereocenters. The minimum absolute atomic E-state index is 0.422. The molecule has 102 valence electrons. The first-order valence-electron chi connectivity index (χ1n) is 7.33. The highest BCUT2D eigenvalue weighted by Crippen LogP contribution is 2.47. The van der Waals surface area contributed by atoms with Crippen molar-refractivity contribution in [2.45, 2.75) is 33.1 Å². The monoisotopic (exact) mass is 263 g/mol. The standard InChI is InChI=1S/C19H21N/c1-4-6-14-9-10-15(11-14)18-12(2)16-7-5-8-17(20)19(16)13(18)3/h5-12H,4,20H2,1-3H3. The van der Waals surface area contributed by atoms with Gasteiger partial charge in [0.05, 0.1) is 0 Å². The van der Waals surface area contributed by atoms with Crippen molar-refractivity contribution < 1.29 is 0 Å². The number of anilines is 1. The van der Waals surface area contributed by atoms with Gasteiger partial charge in [-0.25, -0.2) is 0 Å². The molecule has 0 amide bonds. The molecule has 1 aromatic rings. The van der Waals surface area contributed by atoms with E-state index >= 15 is 0 Å². The molecule has 1 heteroatoms. The lowest BCUT2D eigenvalue weighted by atomic mass is 9.92. The van der Waals surface area contributed by atoms with Crippen LogP contribution < -0.4 is 5.73 Å². The van der Waals surface area contributed by atoms with Gasteiger partial charge in [0.1, 0.15) is 0 Å². The van der Waals surface area contributed by atoms with Crippen LogP contribution in [0, 0.1) is 0 Å². The molecule has 0 aliphatic heterocycles. The van der Waals surface area contributed by atoms with Crippen molar-refractivity contribution in [3.63, 3.8) is 0 Å². The zero-order chi connectivity index (χ0) is 14.3. The molecule has 2 N–H and O–H groups in total. The van der Waals surface area contributed by atoms with Crippen molar-refractivity contribution in [1.82, 2.24) is 0 Å². The number of nitrogens with two attached hydrogens (primary N) is 1. The Bertz CT molecular complexity index is 684. The summed E-state index contributed by atoms with van der Waals surface area (Å²) in [6.45, 7) is 6.65. The fourth-order valence-corrected chi connectivity index (χ4v) is 3.46. The number of fused-ring (bicyclic) bond motifs is 1. The van der Waals surface area contributed by atoms with Gasteiger partial charge in [0.25, 0.3) is 0 Å². The predicted octanol–water partition coefficient (Wildman–Crippen LogP) is 4.99. The van der Waals surface area contributed by atoms with E-state index in [1.165, 1.54) is 33.4 Å². The summed E-state index contributed by atoms with van der Waals surface area (Å²) in [5.41, 5.74) is 15.1. The van der Waals surface area contributed by atoms with E-state index in [0.717, 1.165) is 12.1 Å². The highest BCUT2D eigenvalue weighted by atomic mass is 14.6. The summed E-state index contributed by atoms with van der Waals surface area (Å²) in [6, 6.07) is 6.26. The molecule has 3 rings (SSSR count). The Morgan fingerprint density at radius 3 is 2.75 bits per heavy atom. The van der Waals surface area contributed by atoms with E-state index in [1.54, 1.807) is 0 Å². The average Bonchev–Trinajstić information content (AvgIpc) is 2.96. The van der Waals surface area contributed by atoms with Crippen LogP contribution in [0.2, 0.25) is 0 Å². The fraction of sp³-hybridized carbons (Fsp3) is 0.263. The lowest BCUT2D eigenvalue weighted by molar-refractivity contribution is 0.936. The first-order chi connectivity index (χ1) is 9.63. The Labute approximate surface area is 121 Å². The van der Waals surface area contributed by atoms with Gasteiger partial charge in [-0.1, -0.05) is 44.2 Å². The van der Waals surface area contributed by atoms with Gasteiger partial charge >= 0.3 is 0 Å². The molecular weight excluding hydrogens is 242 g/mol. The molecule has 1 nitrogen and oxygen atoms in total. The van der Waals surface area contributed by atoms with Gasteiger partial charge in [0.2, 0.25) is 0 Å². The number of hydrogen-bond donors (Lipinski definition) is 1. The smallest absolute Gasteiger partial charge is 0.0393 e. The van der Waals surface area contributed by atoms with Crippen LogP contribution in [0.5, 0.6) is 0 Å². The molecule has 0 aromatic heterocycles. The molecule has 2 aliphatic carbocycles. The van der Waals surface area contributed by atoms with Crippen molar-refractivity contribution in [2.75, 3.05) is 5.73 Å². The second kappa shape index (κ2) is 4.82. The molecule has 20 heavy (non-hydrogen) atoms. The van der Waals surface area contributed by atoms with E-state index in [1.807, 2.05) is 6.07 Å². The van der Waals surface area contributed by atoms with Gasteiger partial charge in [0.15, 0.2) is 0 Å². The molecule has 0 saturated heterocycles. The first kappa shape index (κ1) is 13.0. The van der Waals surface area contributed by atoms with Crippen LogP contribution in [0.4, 0.5) is 5.69 Å². The maximum Gasteiger partial charge on any atom is 0.0393 e. The van der Waals surface area contributed by atoms with Crippen molar-refractivity contribution in [2.24, 2.45) is 0 Å². The Hall–Kier alpha value is -2.02. The highest BCUT2D eigenvalue weighted by molar-refractivity contribution is 5.87. The third-order valence-corrected chi connectivity index (χ3v) is 4.34. The van der Waals surface area contributed by atoms with Crippen molar-refractivity contribution in [3.8, 4) is 0 Å². The summed E-state index contributed by atoms with van der Waals surface area (Å²) in [6.07, 6.45) is 10.1. The molecular formula is C19H21N. The lowest BCUT2D eigenvalue weighted by Gasteiger charge is -2.11. The Morgan fingerprint density at radius 1 is 1.25 bits per heavy atom. The van der Waals surface area contributed by atoms with Gasteiger partial charge in [-0.05, 0) is 53.3 Å². The summed E-state index contributed by atoms with van der Waals surface area (Å²) in [5, 5.41) is 0. The molecule has 1 unspecified atom stereocenters. The molecule has 0 saturated carbocycles. The molecule has 0 fully saturated rings. The van der Waals surface area contributed by atoms with Crippen molar-refractivity contribution >= 4 is 11.3 Å². The SMILES string of the molecule is CCC=C1C=CC(C2=C(C)c3c(N)cccc3C2C)=C1. The van der Waals surface area contributed by atoms with E-state index in [2.05, 4.69) is 57.2 Å². The average molecular weight is 263 g/mol. The predicted molar refractivity (Wildman–Crippen MR) is 87.5 cm³/mol. The minimum Gasteiger partial charge on any atom is -0.398 e. The summed E-state index contributed by atoms with van der Waals surface area (Å²) < 4.78 is 0. The molecule has 0 radical (unpaired) electrons. The number of rotatable bonds is 2. The molecule has 2 aliphatic rings. The van der Waals surface area contributed by atoms with Gasteiger partial charge < -0.3 is 5.73 Å². The Kier molecular flexibility index (Phi) is 3.13. The lowest BCUT2D eigenvalue weighted by Crippen LogP contribution is -1.96. The van der Waals surface area contributed by atoms with Crippen molar-refractivity contribution in [3.05, 3.63) is 70.3 Å². The third-order valence-electron chi connectivity index (χ3n) is 4.34. The molecule has 0 spiro atoms. The van der Waals surface area contributed by atoms with Gasteiger partial charge in [-0.15, -0.1) is 0 Å². The molecule has 1 aromatic carbocycles. The third kappa shape index (κ3) is 1.85. The Balaban J connectivity index is 2.10. The van der Waals surface area contributed by atoms with E-state index in [4.69, 9.17) is 5.73 Å². The number of benzene rings is 1. The zero-order valence-corrected chi connectivity index (χ0v) is 12.4. The van der Waals surface area contributed by atoms with E-state index in [-0.39, 0.29) is 0 Å². The first-order valence-corrected chi connectivity index (χ1v) is 7.33. The van der Waals surface area contributed by atoms with E-state index in [9.17, 15) is 0 Å². The minimum atomic E-state index is 0.422. The van der Waals surface area contributed by atoms with E-state index in [0.29, 0.717) is 5.92 Å². The maximum atomic E-state index is 6.18. The highest BCUT2D eigenvalue weighted by Gasteiger charge is 2.29. The van der Waals surface area contributed by atoms with Gasteiger partial charge in [-0.3, -0.25) is 0 Å². The van der Waals surface area contributed by atoms with Crippen LogP contribution in [0.25, 0.3) is 5.57 Å². The van der Waals surface area contributed by atoms with Crippen LogP contribution in [-0.2, 0) is 0 Å². The van der Waals surface area contributed by atoms with Crippen LogP contribution >= 0.6 is 0 Å². The summed E-state index contributed by atoms with van der Waals surface area (Å²) in [5.74, 6) is 0.422. The van der Waals surface area contributed by atoms with Crippen LogP contribution in [-0.4, -0.2) is 0 Å². The fourth-order valence-electron chi connectivity index (χ4n) is 3.46. The summed E-state index contributed by atoms with van der Waals surface area (Å²) >= 11 is 0. The van der Waals surface area contributed by atoms with Crippen LogP contribution in [0.3, 0.4) is 0 Å². The number of allylic oxidation sites excluding steroid dienone is 8. The van der Waals surface area contributed by atoms with Gasteiger partial charge in [0, 0.05) is 17.2 Å². The van der Waals surface area contributed by atoms with Crippen LogP contribution in [0.1, 0.15) is 44.2 Å². The van der Waals surface area contributed by atoms with Crippen LogP contribution in [0.15, 0.2) is 59.2 Å². The normalized spacial score (nSPS) is 22.6. The largest absolute Gasteiger partial charge is 0.398 e. The quantitative estimate of drug-likeness (QED) is 0.747. The second-order valence-electron chi connectivity index (χ2n) is 5.62. The summed E-state index contributed by atoms with van der Waals surface area (Å²) in [4.78, 5) is 0. The van der Waals surface area contributed by atoms with E-state index < -0.39 is 0 Å². The second-order valence-corrected chi connectivity index (χ2v) is 5.62. The topological polar surface area (TPSA) is 26.0 Å². The van der Waals surface area contributed by atoms with Gasteiger partial charge in [-0.2, -0.15) is 0 Å². The summed E-state index contributed by atoms with van der Waals surface area (Å²) in [7, 11) is 0. The maximum absolute atomic E-state index is 6.18. The zero-order valence-electron chi connectivity index (χ0n) is 12.4.